The molecule has 2 aromatic carbocycles. The minimum atomic E-state index is 0.556. The van der Waals surface area contributed by atoms with E-state index in [1.54, 1.807) is 6.07 Å². The second kappa shape index (κ2) is 4.36. The quantitative estimate of drug-likeness (QED) is 0.740. The maximum Gasteiger partial charge on any atom is 0.0598 e. The first-order valence-corrected chi connectivity index (χ1v) is 5.65. The molecule has 0 aliphatic carbocycles. The van der Waals surface area contributed by atoms with Crippen LogP contribution in [0.4, 0.5) is 5.69 Å². The van der Waals surface area contributed by atoms with Crippen molar-refractivity contribution in [1.82, 2.24) is 0 Å². The van der Waals surface area contributed by atoms with Gasteiger partial charge in [0.25, 0.3) is 0 Å². The van der Waals surface area contributed by atoms with Crippen LogP contribution in [-0.4, -0.2) is 0 Å². The highest BCUT2D eigenvalue weighted by Gasteiger charge is 2.05. The second-order valence-electron chi connectivity index (χ2n) is 3.70. The third-order valence-corrected chi connectivity index (χ3v) is 3.23. The number of halogens is 2. The lowest BCUT2D eigenvalue weighted by Crippen LogP contribution is -1.88. The molecule has 0 aliphatic rings. The van der Waals surface area contributed by atoms with E-state index >= 15 is 0 Å². The van der Waals surface area contributed by atoms with Crippen LogP contribution in [0, 0.1) is 6.92 Å². The van der Waals surface area contributed by atoms with Crippen LogP contribution < -0.4 is 5.73 Å². The average Bonchev–Trinajstić information content (AvgIpc) is 2.26. The van der Waals surface area contributed by atoms with E-state index in [1.165, 1.54) is 0 Å². The third kappa shape index (κ3) is 2.16. The molecule has 82 valence electrons. The van der Waals surface area contributed by atoms with Gasteiger partial charge in [0.15, 0.2) is 0 Å². The molecule has 0 radical (unpaired) electrons. The summed E-state index contributed by atoms with van der Waals surface area (Å²) in [7, 11) is 0. The van der Waals surface area contributed by atoms with E-state index in [0.29, 0.717) is 10.0 Å². The zero-order chi connectivity index (χ0) is 11.7. The number of nitrogen functional groups attached to an aromatic ring is 1. The van der Waals surface area contributed by atoms with Crippen LogP contribution in [0.15, 0.2) is 36.4 Å². The number of hydrogen-bond acceptors (Lipinski definition) is 1. The van der Waals surface area contributed by atoms with E-state index in [4.69, 9.17) is 28.9 Å². The lowest BCUT2D eigenvalue weighted by atomic mass is 10.00. The van der Waals surface area contributed by atoms with Crippen molar-refractivity contribution in [3.8, 4) is 11.1 Å². The van der Waals surface area contributed by atoms with Crippen LogP contribution in [0.25, 0.3) is 11.1 Å². The van der Waals surface area contributed by atoms with Crippen molar-refractivity contribution < 1.29 is 0 Å². The van der Waals surface area contributed by atoms with Crippen molar-refractivity contribution in [3.05, 3.63) is 52.0 Å². The molecule has 0 atom stereocenters. The SMILES string of the molecule is Cc1ccc(N)cc1-c1ccc(Cl)c(Cl)c1. The number of nitrogens with two attached hydrogens (primary N) is 1. The Kier molecular flexibility index (Phi) is 3.08. The van der Waals surface area contributed by atoms with Crippen molar-refractivity contribution in [2.24, 2.45) is 0 Å². The summed E-state index contributed by atoms with van der Waals surface area (Å²) in [6.45, 7) is 2.04. The molecule has 0 spiro atoms. The van der Waals surface area contributed by atoms with Gasteiger partial charge < -0.3 is 5.73 Å². The number of anilines is 1. The minimum Gasteiger partial charge on any atom is -0.399 e. The van der Waals surface area contributed by atoms with E-state index in [-0.39, 0.29) is 0 Å². The first kappa shape index (κ1) is 11.3. The molecule has 0 bridgehead atoms. The van der Waals surface area contributed by atoms with Crippen molar-refractivity contribution in [3.63, 3.8) is 0 Å². The minimum absolute atomic E-state index is 0.556. The molecule has 0 aliphatic heterocycles. The maximum atomic E-state index is 5.99. The summed E-state index contributed by atoms with van der Waals surface area (Å²) in [6.07, 6.45) is 0. The standard InChI is InChI=1S/C13H11Cl2N/c1-8-2-4-10(16)7-11(8)9-3-5-12(14)13(15)6-9/h2-7H,16H2,1H3. The monoisotopic (exact) mass is 251 g/mol. The van der Waals surface area contributed by atoms with Gasteiger partial charge in [-0.15, -0.1) is 0 Å². The Bertz CT molecular complexity index is 535. The Morgan fingerprint density at radius 2 is 1.69 bits per heavy atom. The van der Waals surface area contributed by atoms with Gasteiger partial charge >= 0.3 is 0 Å². The number of benzene rings is 2. The Hall–Kier alpha value is -1.18. The van der Waals surface area contributed by atoms with Crippen LogP contribution >= 0.6 is 23.2 Å². The molecule has 0 fully saturated rings. The largest absolute Gasteiger partial charge is 0.399 e. The van der Waals surface area contributed by atoms with Crippen LogP contribution in [0.3, 0.4) is 0 Å². The normalized spacial score (nSPS) is 10.4. The summed E-state index contributed by atoms with van der Waals surface area (Å²) in [4.78, 5) is 0. The fourth-order valence-corrected chi connectivity index (χ4v) is 1.91. The van der Waals surface area contributed by atoms with Crippen molar-refractivity contribution in [2.75, 3.05) is 5.73 Å². The smallest absolute Gasteiger partial charge is 0.0598 e. The van der Waals surface area contributed by atoms with Gasteiger partial charge in [0, 0.05) is 5.69 Å². The first-order valence-electron chi connectivity index (χ1n) is 4.89. The fourth-order valence-electron chi connectivity index (χ4n) is 1.61. The van der Waals surface area contributed by atoms with Gasteiger partial charge in [-0.05, 0) is 47.9 Å². The Labute approximate surface area is 105 Å². The summed E-state index contributed by atoms with van der Waals surface area (Å²) in [5.74, 6) is 0. The van der Waals surface area contributed by atoms with Gasteiger partial charge in [-0.2, -0.15) is 0 Å². The molecule has 2 rings (SSSR count). The van der Waals surface area contributed by atoms with E-state index in [1.807, 2.05) is 37.3 Å². The molecule has 2 aromatic rings. The lowest BCUT2D eigenvalue weighted by molar-refractivity contribution is 1.46. The average molecular weight is 252 g/mol. The van der Waals surface area contributed by atoms with Crippen molar-refractivity contribution in [1.29, 1.82) is 0 Å². The van der Waals surface area contributed by atoms with Crippen LogP contribution in [-0.2, 0) is 0 Å². The predicted octanol–water partition coefficient (Wildman–Crippen LogP) is 4.55. The first-order chi connectivity index (χ1) is 7.58. The molecular formula is C13H11Cl2N. The van der Waals surface area contributed by atoms with Gasteiger partial charge in [0.2, 0.25) is 0 Å². The lowest BCUT2D eigenvalue weighted by Gasteiger charge is -2.08. The van der Waals surface area contributed by atoms with Crippen LogP contribution in [0.5, 0.6) is 0 Å². The molecule has 0 amide bonds. The zero-order valence-electron chi connectivity index (χ0n) is 8.80. The van der Waals surface area contributed by atoms with E-state index in [9.17, 15) is 0 Å². The maximum absolute atomic E-state index is 5.99. The van der Waals surface area contributed by atoms with Gasteiger partial charge in [-0.1, -0.05) is 35.3 Å². The second-order valence-corrected chi connectivity index (χ2v) is 4.52. The molecular weight excluding hydrogens is 241 g/mol. The van der Waals surface area contributed by atoms with Gasteiger partial charge in [0.1, 0.15) is 0 Å². The number of hydrogen-bond donors (Lipinski definition) is 1. The topological polar surface area (TPSA) is 26.0 Å². The summed E-state index contributed by atoms with van der Waals surface area (Å²) >= 11 is 11.9. The number of aryl methyl sites for hydroxylation is 1. The van der Waals surface area contributed by atoms with Crippen LogP contribution in [0.1, 0.15) is 5.56 Å². The van der Waals surface area contributed by atoms with E-state index in [0.717, 1.165) is 22.4 Å². The molecule has 0 saturated heterocycles. The summed E-state index contributed by atoms with van der Waals surface area (Å²) in [5, 5.41) is 1.12. The molecule has 2 N–H and O–H groups in total. The molecule has 0 heterocycles. The summed E-state index contributed by atoms with van der Waals surface area (Å²) < 4.78 is 0. The van der Waals surface area contributed by atoms with E-state index in [2.05, 4.69) is 0 Å². The summed E-state index contributed by atoms with van der Waals surface area (Å²) in [5.41, 5.74) is 9.78. The fraction of sp³-hybridized carbons (Fsp3) is 0.0769. The third-order valence-electron chi connectivity index (χ3n) is 2.49. The highest BCUT2D eigenvalue weighted by Crippen LogP contribution is 2.31. The Morgan fingerprint density at radius 1 is 0.938 bits per heavy atom. The highest BCUT2D eigenvalue weighted by molar-refractivity contribution is 6.42. The van der Waals surface area contributed by atoms with Crippen molar-refractivity contribution >= 4 is 28.9 Å². The Balaban J connectivity index is 2.58. The van der Waals surface area contributed by atoms with Gasteiger partial charge in [-0.25, -0.2) is 0 Å². The zero-order valence-corrected chi connectivity index (χ0v) is 10.3. The number of rotatable bonds is 1. The molecule has 3 heteroatoms. The highest BCUT2D eigenvalue weighted by atomic mass is 35.5. The molecule has 16 heavy (non-hydrogen) atoms. The van der Waals surface area contributed by atoms with Gasteiger partial charge in [-0.3, -0.25) is 0 Å². The van der Waals surface area contributed by atoms with E-state index < -0.39 is 0 Å². The molecule has 0 saturated carbocycles. The Morgan fingerprint density at radius 3 is 2.38 bits per heavy atom. The summed E-state index contributed by atoms with van der Waals surface area (Å²) in [6, 6.07) is 11.4. The molecule has 0 unspecified atom stereocenters. The van der Waals surface area contributed by atoms with Crippen molar-refractivity contribution in [2.45, 2.75) is 6.92 Å². The molecule has 0 aromatic heterocycles. The predicted molar refractivity (Wildman–Crippen MR) is 71.0 cm³/mol. The van der Waals surface area contributed by atoms with Crippen LogP contribution in [0.2, 0.25) is 10.0 Å². The van der Waals surface area contributed by atoms with Gasteiger partial charge in [0.05, 0.1) is 10.0 Å². The molecule has 1 nitrogen and oxygen atoms in total.